The van der Waals surface area contributed by atoms with Gasteiger partial charge >= 0.3 is 0 Å². The van der Waals surface area contributed by atoms with Crippen molar-refractivity contribution in [3.05, 3.63) is 55.6 Å². The van der Waals surface area contributed by atoms with Crippen LogP contribution in [0, 0.1) is 6.92 Å². The van der Waals surface area contributed by atoms with Crippen molar-refractivity contribution in [2.45, 2.75) is 52.0 Å². The molecule has 0 saturated carbocycles. The minimum atomic E-state index is -0.417. The van der Waals surface area contributed by atoms with Crippen molar-refractivity contribution < 1.29 is 9.59 Å². The van der Waals surface area contributed by atoms with Crippen LogP contribution in [0.25, 0.3) is 0 Å². The fourth-order valence-electron chi connectivity index (χ4n) is 3.63. The number of ketones is 1. The molecule has 1 aliphatic heterocycles. The molecule has 1 saturated heterocycles. The van der Waals surface area contributed by atoms with E-state index in [9.17, 15) is 14.4 Å². The molecule has 0 spiro atoms. The third-order valence-corrected chi connectivity index (χ3v) is 5.98. The van der Waals surface area contributed by atoms with E-state index >= 15 is 0 Å². The lowest BCUT2D eigenvalue weighted by atomic mass is 9.96. The number of H-pyrrole nitrogens is 1. The Morgan fingerprint density at radius 3 is 2.81 bits per heavy atom. The molecule has 2 aromatic rings. The highest BCUT2D eigenvalue weighted by molar-refractivity contribution is 7.09. The number of piperidine rings is 1. The molecule has 0 unspecified atom stereocenters. The third kappa shape index (κ3) is 3.96. The van der Waals surface area contributed by atoms with Gasteiger partial charge in [0, 0.05) is 28.7 Å². The van der Waals surface area contributed by atoms with Gasteiger partial charge in [0.25, 0.3) is 11.5 Å². The van der Waals surface area contributed by atoms with Crippen LogP contribution in [0.4, 0.5) is 0 Å². The number of nitrogens with one attached hydrogen (secondary N) is 1. The number of nitrogens with zero attached hydrogens (tertiary/aromatic N) is 1. The number of pyridine rings is 1. The van der Waals surface area contributed by atoms with E-state index in [0.29, 0.717) is 17.8 Å². The number of aromatic amines is 1. The van der Waals surface area contributed by atoms with Crippen LogP contribution < -0.4 is 5.56 Å². The van der Waals surface area contributed by atoms with Crippen LogP contribution in [0.5, 0.6) is 0 Å². The SMILES string of the molecule is CC(=O)c1cc(C(=O)N2CCCC[C@H]2CCc2cccs2)c(=O)[nH]c1C. The number of carbonyl (C=O) groups excluding carboxylic acids is 2. The molecule has 138 valence electrons. The van der Waals surface area contributed by atoms with Gasteiger partial charge < -0.3 is 9.88 Å². The van der Waals surface area contributed by atoms with Crippen LogP contribution in [0.3, 0.4) is 0 Å². The first kappa shape index (κ1) is 18.6. The Hall–Kier alpha value is -2.21. The monoisotopic (exact) mass is 372 g/mol. The molecule has 3 rings (SSSR count). The molecule has 0 radical (unpaired) electrons. The quantitative estimate of drug-likeness (QED) is 0.816. The van der Waals surface area contributed by atoms with E-state index in [1.807, 2.05) is 11.0 Å². The Balaban J connectivity index is 1.83. The van der Waals surface area contributed by atoms with Gasteiger partial charge in [-0.3, -0.25) is 14.4 Å². The average Bonchev–Trinajstić information content (AvgIpc) is 3.13. The maximum absolute atomic E-state index is 13.1. The van der Waals surface area contributed by atoms with E-state index in [1.165, 1.54) is 17.9 Å². The Kier molecular flexibility index (Phi) is 5.71. The zero-order valence-electron chi connectivity index (χ0n) is 15.2. The van der Waals surface area contributed by atoms with Gasteiger partial charge in [0.05, 0.1) is 0 Å². The molecular formula is C20H24N2O3S. The van der Waals surface area contributed by atoms with Crippen molar-refractivity contribution in [2.75, 3.05) is 6.54 Å². The van der Waals surface area contributed by atoms with Crippen molar-refractivity contribution in [1.29, 1.82) is 0 Å². The molecule has 3 heterocycles. The number of hydrogen-bond acceptors (Lipinski definition) is 4. The van der Waals surface area contributed by atoms with Crippen LogP contribution in [0.1, 0.15) is 63.9 Å². The van der Waals surface area contributed by atoms with Crippen LogP contribution in [-0.2, 0) is 6.42 Å². The number of likely N-dealkylation sites (tertiary alicyclic amines) is 1. The van der Waals surface area contributed by atoms with E-state index in [1.54, 1.807) is 18.3 Å². The number of thiophene rings is 1. The highest BCUT2D eigenvalue weighted by atomic mass is 32.1. The van der Waals surface area contributed by atoms with Crippen LogP contribution in [0.2, 0.25) is 0 Å². The van der Waals surface area contributed by atoms with Gasteiger partial charge in [-0.1, -0.05) is 6.07 Å². The molecule has 1 amide bonds. The molecule has 1 N–H and O–H groups in total. The van der Waals surface area contributed by atoms with Gasteiger partial charge in [-0.25, -0.2) is 0 Å². The van der Waals surface area contributed by atoms with E-state index < -0.39 is 5.56 Å². The van der Waals surface area contributed by atoms with E-state index in [-0.39, 0.29) is 23.3 Å². The van der Waals surface area contributed by atoms with Crippen molar-refractivity contribution in [2.24, 2.45) is 0 Å². The summed E-state index contributed by atoms with van der Waals surface area (Å²) in [6.07, 6.45) is 4.84. The van der Waals surface area contributed by atoms with E-state index in [0.717, 1.165) is 32.1 Å². The van der Waals surface area contributed by atoms with Gasteiger partial charge in [0.1, 0.15) is 5.56 Å². The Morgan fingerprint density at radius 1 is 1.31 bits per heavy atom. The third-order valence-electron chi connectivity index (χ3n) is 5.04. The van der Waals surface area contributed by atoms with Crippen molar-refractivity contribution >= 4 is 23.0 Å². The molecule has 1 atom stereocenters. The number of rotatable bonds is 5. The molecule has 5 nitrogen and oxygen atoms in total. The second kappa shape index (κ2) is 7.99. The second-order valence-corrected chi connectivity index (χ2v) is 7.91. The normalized spacial score (nSPS) is 17.3. The summed E-state index contributed by atoms with van der Waals surface area (Å²) < 4.78 is 0. The van der Waals surface area contributed by atoms with Gasteiger partial charge in [-0.15, -0.1) is 11.3 Å². The van der Waals surface area contributed by atoms with Crippen LogP contribution >= 0.6 is 11.3 Å². The molecule has 0 bridgehead atoms. The lowest BCUT2D eigenvalue weighted by Crippen LogP contribution is -2.45. The summed E-state index contributed by atoms with van der Waals surface area (Å²) in [5.74, 6) is -0.412. The fourth-order valence-corrected chi connectivity index (χ4v) is 4.36. The first-order chi connectivity index (χ1) is 12.5. The molecule has 0 aromatic carbocycles. The summed E-state index contributed by atoms with van der Waals surface area (Å²) in [6, 6.07) is 5.76. The fraction of sp³-hybridized carbons (Fsp3) is 0.450. The molecule has 6 heteroatoms. The van der Waals surface area contributed by atoms with Crippen molar-refractivity contribution in [3.63, 3.8) is 0 Å². The highest BCUT2D eigenvalue weighted by Gasteiger charge is 2.29. The second-order valence-electron chi connectivity index (χ2n) is 6.87. The lowest BCUT2D eigenvalue weighted by molar-refractivity contribution is 0.0600. The molecule has 2 aromatic heterocycles. The highest BCUT2D eigenvalue weighted by Crippen LogP contribution is 2.24. The summed E-state index contributed by atoms with van der Waals surface area (Å²) in [5, 5.41) is 2.06. The summed E-state index contributed by atoms with van der Waals surface area (Å²) >= 11 is 1.73. The van der Waals surface area contributed by atoms with E-state index in [2.05, 4.69) is 16.4 Å². The van der Waals surface area contributed by atoms with Gasteiger partial charge in [-0.05, 0) is 63.5 Å². The smallest absolute Gasteiger partial charge is 0.261 e. The largest absolute Gasteiger partial charge is 0.335 e. The maximum atomic E-state index is 13.1. The number of carbonyl (C=O) groups is 2. The molecular weight excluding hydrogens is 348 g/mol. The number of amides is 1. The molecule has 1 aliphatic rings. The van der Waals surface area contributed by atoms with Crippen LogP contribution in [0.15, 0.2) is 28.4 Å². The summed E-state index contributed by atoms with van der Waals surface area (Å²) in [7, 11) is 0. The number of aryl methyl sites for hydroxylation is 2. The maximum Gasteiger partial charge on any atom is 0.261 e. The van der Waals surface area contributed by atoms with Gasteiger partial charge in [-0.2, -0.15) is 0 Å². The number of Topliss-reactive ketones (excluding diaryl/α,β-unsaturated/α-hetero) is 1. The summed E-state index contributed by atoms with van der Waals surface area (Å²) in [6.45, 7) is 3.79. The zero-order valence-corrected chi connectivity index (χ0v) is 16.0. The first-order valence-electron chi connectivity index (χ1n) is 9.05. The number of hydrogen-bond donors (Lipinski definition) is 1. The predicted octanol–water partition coefficient (Wildman–Crippen LogP) is 3.57. The number of aromatic nitrogens is 1. The van der Waals surface area contributed by atoms with Crippen molar-refractivity contribution in [1.82, 2.24) is 9.88 Å². The first-order valence-corrected chi connectivity index (χ1v) is 9.93. The van der Waals surface area contributed by atoms with Gasteiger partial charge in [0.2, 0.25) is 0 Å². The molecule has 26 heavy (non-hydrogen) atoms. The average molecular weight is 372 g/mol. The standard InChI is InChI=1S/C20H24N2O3S/c1-13-17(14(2)23)12-18(19(24)21-13)20(25)22-10-4-3-6-15(22)8-9-16-7-5-11-26-16/h5,7,11-12,15H,3-4,6,8-10H2,1-2H3,(H,21,24)/t15-/m0/s1. The zero-order chi connectivity index (χ0) is 18.7. The lowest BCUT2D eigenvalue weighted by Gasteiger charge is -2.36. The minimum absolute atomic E-state index is 0.0730. The topological polar surface area (TPSA) is 70.2 Å². The van der Waals surface area contributed by atoms with E-state index in [4.69, 9.17) is 0 Å². The van der Waals surface area contributed by atoms with Crippen LogP contribution in [-0.4, -0.2) is 34.2 Å². The summed E-state index contributed by atoms with van der Waals surface area (Å²) in [4.78, 5) is 43.0. The Labute approximate surface area is 157 Å². The minimum Gasteiger partial charge on any atom is -0.335 e. The van der Waals surface area contributed by atoms with Gasteiger partial charge in [0.15, 0.2) is 5.78 Å². The Bertz CT molecular complexity index is 854. The predicted molar refractivity (Wildman–Crippen MR) is 103 cm³/mol. The molecule has 0 aliphatic carbocycles. The molecule has 1 fully saturated rings. The Morgan fingerprint density at radius 2 is 2.12 bits per heavy atom. The van der Waals surface area contributed by atoms with Crippen molar-refractivity contribution in [3.8, 4) is 0 Å². The summed E-state index contributed by atoms with van der Waals surface area (Å²) in [5.41, 5.74) is 0.566.